The molecule has 1 saturated heterocycles. The number of nitrogens with zero attached hydrogens (tertiary/aromatic N) is 1. The van der Waals surface area contributed by atoms with Gasteiger partial charge in [0.25, 0.3) is 0 Å². The lowest BCUT2D eigenvalue weighted by molar-refractivity contribution is -0.276. The van der Waals surface area contributed by atoms with Gasteiger partial charge in [-0.15, -0.1) is 0 Å². The molecule has 208 valence electrons. The van der Waals surface area contributed by atoms with Crippen molar-refractivity contribution in [3.63, 3.8) is 0 Å². The van der Waals surface area contributed by atoms with Gasteiger partial charge < -0.3 is 24.1 Å². The first-order valence-electron chi connectivity index (χ1n) is 14.7. The van der Waals surface area contributed by atoms with Gasteiger partial charge in [0.2, 0.25) is 0 Å². The number of carbonyl (C=O) groups excluding carboxylic acids is 1. The van der Waals surface area contributed by atoms with Crippen molar-refractivity contribution in [1.82, 2.24) is 4.90 Å². The van der Waals surface area contributed by atoms with E-state index in [4.69, 9.17) is 18.9 Å². The van der Waals surface area contributed by atoms with Gasteiger partial charge in [0.05, 0.1) is 30.0 Å². The highest BCUT2D eigenvalue weighted by atomic mass is 16.6. The van der Waals surface area contributed by atoms with Crippen LogP contribution in [0.15, 0.2) is 30.3 Å². The molecular weight excluding hydrogens is 482 g/mol. The molecule has 0 amide bonds. The second-order valence-corrected chi connectivity index (χ2v) is 13.2. The highest BCUT2D eigenvalue weighted by Gasteiger charge is 2.84. The van der Waals surface area contributed by atoms with Crippen molar-refractivity contribution >= 4 is 5.97 Å². The van der Waals surface area contributed by atoms with E-state index in [1.54, 1.807) is 7.11 Å². The van der Waals surface area contributed by atoms with Crippen LogP contribution < -0.4 is 0 Å². The molecule has 7 rings (SSSR count). The van der Waals surface area contributed by atoms with E-state index in [0.29, 0.717) is 17.9 Å². The average molecular weight is 526 g/mol. The number of hydrogen-bond acceptors (Lipinski definition) is 7. The van der Waals surface area contributed by atoms with Crippen LogP contribution in [0.4, 0.5) is 0 Å². The molecule has 8 unspecified atom stereocenters. The van der Waals surface area contributed by atoms with Gasteiger partial charge in [-0.2, -0.15) is 0 Å². The number of hydrogen-bond donors (Lipinski definition) is 1. The van der Waals surface area contributed by atoms with Gasteiger partial charge in [-0.25, -0.2) is 4.79 Å². The largest absolute Gasteiger partial charge is 0.458 e. The number of fused-ring (bicyclic) bond motifs is 2. The van der Waals surface area contributed by atoms with Gasteiger partial charge in [-0.05, 0) is 56.2 Å². The molecule has 0 radical (unpaired) electrons. The Hall–Kier alpha value is -1.51. The summed E-state index contributed by atoms with van der Waals surface area (Å²) in [5.41, 5.74) is -0.405. The zero-order valence-electron chi connectivity index (χ0n) is 23.2. The number of aliphatic hydroxyl groups is 1. The predicted octanol–water partition coefficient (Wildman–Crippen LogP) is 3.40. The Morgan fingerprint density at radius 2 is 1.89 bits per heavy atom. The second-order valence-electron chi connectivity index (χ2n) is 13.2. The summed E-state index contributed by atoms with van der Waals surface area (Å²) in [5, 5.41) is 12.9. The molecule has 7 bridgehead atoms. The minimum absolute atomic E-state index is 0.0645. The molecule has 5 saturated carbocycles. The standard InChI is InChI=1S/C31H43NO6/c1-5-32-16-29(17-35-2)12-11-24(37-4)31-20-13-19-22(36-3)15-30(34,21(27(31)32)14-23(29)31)25(20)26(19)38-28(33)18-9-7-6-8-10-18/h6-10,19-27,34H,5,11-17H2,1-4H3/t19?,20?,21?,22-,23?,24?,25?,26?,27?,29-,30-,31+/m0/s1. The first kappa shape index (κ1) is 25.5. The fourth-order valence-corrected chi connectivity index (χ4v) is 11.5. The zero-order valence-corrected chi connectivity index (χ0v) is 23.2. The lowest BCUT2D eigenvalue weighted by Crippen LogP contribution is -2.76. The van der Waals surface area contributed by atoms with Crippen LogP contribution in [0.5, 0.6) is 0 Å². The number of likely N-dealkylation sites (tertiary alicyclic amines) is 1. The molecule has 1 aliphatic heterocycles. The maximum atomic E-state index is 13.4. The van der Waals surface area contributed by atoms with E-state index >= 15 is 0 Å². The fraction of sp³-hybridized carbons (Fsp3) is 0.774. The maximum absolute atomic E-state index is 13.4. The summed E-state index contributed by atoms with van der Waals surface area (Å²) < 4.78 is 24.9. The number of piperidine rings is 1. The molecule has 7 heteroatoms. The Morgan fingerprint density at radius 3 is 2.58 bits per heavy atom. The Balaban J connectivity index is 1.38. The highest BCUT2D eigenvalue weighted by molar-refractivity contribution is 5.89. The molecule has 0 aromatic heterocycles. The van der Waals surface area contributed by atoms with E-state index in [1.807, 2.05) is 44.6 Å². The zero-order chi connectivity index (χ0) is 26.4. The summed E-state index contributed by atoms with van der Waals surface area (Å²) in [7, 11) is 5.47. The third-order valence-corrected chi connectivity index (χ3v) is 12.4. The molecule has 1 spiro atoms. The molecule has 1 aromatic carbocycles. The third-order valence-electron chi connectivity index (χ3n) is 12.4. The topological polar surface area (TPSA) is 77.5 Å². The molecule has 6 fully saturated rings. The van der Waals surface area contributed by atoms with Crippen molar-refractivity contribution < 1.29 is 28.8 Å². The van der Waals surface area contributed by atoms with E-state index in [0.717, 1.165) is 45.4 Å². The molecule has 1 aromatic rings. The van der Waals surface area contributed by atoms with Gasteiger partial charge in [0, 0.05) is 68.9 Å². The van der Waals surface area contributed by atoms with Crippen molar-refractivity contribution in [2.75, 3.05) is 41.0 Å². The fourth-order valence-electron chi connectivity index (χ4n) is 11.5. The predicted molar refractivity (Wildman–Crippen MR) is 141 cm³/mol. The summed E-state index contributed by atoms with van der Waals surface area (Å²) in [5.74, 6) is 0.395. The quantitative estimate of drug-likeness (QED) is 0.547. The van der Waals surface area contributed by atoms with Crippen molar-refractivity contribution in [2.45, 2.75) is 69.0 Å². The monoisotopic (exact) mass is 525 g/mol. The highest BCUT2D eigenvalue weighted by Crippen LogP contribution is 2.79. The normalized spacial score (nSPS) is 50.2. The Bertz CT molecular complexity index is 1080. The van der Waals surface area contributed by atoms with Gasteiger partial charge in [-0.3, -0.25) is 4.90 Å². The summed E-state index contributed by atoms with van der Waals surface area (Å²) in [6.07, 6.45) is 4.25. The summed E-state index contributed by atoms with van der Waals surface area (Å²) >= 11 is 0. The number of methoxy groups -OCH3 is 3. The summed E-state index contributed by atoms with van der Waals surface area (Å²) in [6, 6.07) is 9.52. The molecule has 1 heterocycles. The lowest BCUT2D eigenvalue weighted by atomic mass is 9.43. The number of benzene rings is 1. The van der Waals surface area contributed by atoms with E-state index in [9.17, 15) is 9.90 Å². The summed E-state index contributed by atoms with van der Waals surface area (Å²) in [6.45, 7) is 4.99. The molecule has 1 N–H and O–H groups in total. The van der Waals surface area contributed by atoms with Crippen molar-refractivity contribution in [3.05, 3.63) is 35.9 Å². The lowest BCUT2D eigenvalue weighted by Gasteiger charge is -2.69. The van der Waals surface area contributed by atoms with Crippen LogP contribution in [0, 0.1) is 40.4 Å². The van der Waals surface area contributed by atoms with Crippen LogP contribution in [0.3, 0.4) is 0 Å². The molecule has 38 heavy (non-hydrogen) atoms. The van der Waals surface area contributed by atoms with Gasteiger partial charge in [-0.1, -0.05) is 25.1 Å². The summed E-state index contributed by atoms with van der Waals surface area (Å²) in [4.78, 5) is 16.1. The molecule has 5 aliphatic carbocycles. The van der Waals surface area contributed by atoms with Crippen molar-refractivity contribution in [1.29, 1.82) is 0 Å². The van der Waals surface area contributed by atoms with Crippen LogP contribution in [0.25, 0.3) is 0 Å². The minimum Gasteiger partial charge on any atom is -0.458 e. The van der Waals surface area contributed by atoms with E-state index in [1.165, 1.54) is 0 Å². The van der Waals surface area contributed by atoms with Crippen LogP contribution in [0.1, 0.15) is 49.4 Å². The van der Waals surface area contributed by atoms with Gasteiger partial charge >= 0.3 is 5.97 Å². The van der Waals surface area contributed by atoms with Gasteiger partial charge in [0.1, 0.15) is 6.10 Å². The smallest absolute Gasteiger partial charge is 0.338 e. The minimum atomic E-state index is -0.942. The van der Waals surface area contributed by atoms with Crippen LogP contribution in [-0.2, 0) is 18.9 Å². The number of ether oxygens (including phenoxy) is 4. The third kappa shape index (κ3) is 2.95. The van der Waals surface area contributed by atoms with E-state index in [2.05, 4.69) is 11.8 Å². The Morgan fingerprint density at radius 1 is 1.11 bits per heavy atom. The van der Waals surface area contributed by atoms with Crippen LogP contribution in [0.2, 0.25) is 0 Å². The maximum Gasteiger partial charge on any atom is 0.338 e. The van der Waals surface area contributed by atoms with Crippen LogP contribution in [-0.4, -0.2) is 87.0 Å². The number of esters is 1. The second kappa shape index (κ2) is 8.74. The number of rotatable bonds is 7. The molecule has 12 atom stereocenters. The van der Waals surface area contributed by atoms with E-state index in [-0.39, 0.29) is 64.8 Å². The SMILES string of the molecule is CCN1C[C@]2(COC)CCC(OC)[C@@]34C5CC6C(OC(=O)c7ccccc7)C5[C@](O)(C[C@@H]6OC)C(CC23)C14. The Labute approximate surface area is 226 Å². The average Bonchev–Trinajstić information content (AvgIpc) is 3.38. The first-order chi connectivity index (χ1) is 18.4. The van der Waals surface area contributed by atoms with Crippen molar-refractivity contribution in [3.8, 4) is 0 Å². The first-order valence-corrected chi connectivity index (χ1v) is 14.7. The molecule has 6 aliphatic rings. The van der Waals surface area contributed by atoms with Crippen LogP contribution >= 0.6 is 0 Å². The number of carbonyl (C=O) groups is 1. The van der Waals surface area contributed by atoms with E-state index < -0.39 is 5.60 Å². The van der Waals surface area contributed by atoms with Gasteiger partial charge in [0.15, 0.2) is 0 Å². The van der Waals surface area contributed by atoms with Crippen molar-refractivity contribution in [2.24, 2.45) is 40.4 Å². The molecule has 7 nitrogen and oxygen atoms in total. The molecular formula is C31H43NO6. The Kier molecular flexibility index (Phi) is 5.86.